The van der Waals surface area contributed by atoms with E-state index in [2.05, 4.69) is 10.1 Å². The van der Waals surface area contributed by atoms with E-state index in [1.165, 1.54) is 16.4 Å². The highest BCUT2D eigenvalue weighted by Gasteiger charge is 2.29. The summed E-state index contributed by atoms with van der Waals surface area (Å²) in [6.07, 6.45) is 1.94. The molecule has 0 saturated heterocycles. The van der Waals surface area contributed by atoms with E-state index >= 15 is 0 Å². The molecule has 2 rings (SSSR count). The molecule has 0 aliphatic heterocycles. The average molecular weight is 241 g/mol. The molecule has 1 N–H and O–H groups in total. The molecule has 0 bridgehead atoms. The van der Waals surface area contributed by atoms with Crippen molar-refractivity contribution >= 4 is 17.5 Å². The lowest BCUT2D eigenvalue weighted by molar-refractivity contribution is -0.117. The van der Waals surface area contributed by atoms with Gasteiger partial charge in [-0.15, -0.1) is 0 Å². The smallest absolute Gasteiger partial charge is 0.298 e. The summed E-state index contributed by atoms with van der Waals surface area (Å²) in [5.74, 6) is 0.689. The van der Waals surface area contributed by atoms with E-state index < -0.39 is 11.1 Å². The molecular formula is C9H11N3O3S. The topological polar surface area (TPSA) is 84.8 Å². The first kappa shape index (κ1) is 11.1. The van der Waals surface area contributed by atoms with Gasteiger partial charge in [0, 0.05) is 13.0 Å². The van der Waals surface area contributed by atoms with Crippen molar-refractivity contribution in [1.29, 1.82) is 0 Å². The predicted molar refractivity (Wildman–Crippen MR) is 58.6 cm³/mol. The van der Waals surface area contributed by atoms with Crippen molar-refractivity contribution in [1.82, 2.24) is 14.8 Å². The summed E-state index contributed by atoms with van der Waals surface area (Å²) in [5, 5.41) is 2.69. The molecule has 0 aromatic carbocycles. The number of hydrogen-bond acceptors (Lipinski definition) is 5. The van der Waals surface area contributed by atoms with E-state index in [0.717, 1.165) is 12.8 Å². The molecule has 1 fully saturated rings. The van der Waals surface area contributed by atoms with Crippen LogP contribution in [0.3, 0.4) is 0 Å². The fourth-order valence-corrected chi connectivity index (χ4v) is 2.14. The van der Waals surface area contributed by atoms with Crippen LogP contribution in [0.5, 0.6) is 0 Å². The summed E-state index contributed by atoms with van der Waals surface area (Å²) < 4.78 is 1.36. The van der Waals surface area contributed by atoms with Crippen molar-refractivity contribution < 1.29 is 4.79 Å². The molecule has 1 aromatic heterocycles. The van der Waals surface area contributed by atoms with Crippen LogP contribution in [0.25, 0.3) is 0 Å². The minimum absolute atomic E-state index is 0.186. The number of ketones is 1. The Morgan fingerprint density at radius 2 is 2.25 bits per heavy atom. The third-order valence-corrected chi connectivity index (χ3v) is 3.38. The highest BCUT2D eigenvalue weighted by atomic mass is 32.2. The van der Waals surface area contributed by atoms with E-state index in [1.807, 2.05) is 0 Å². The first-order chi connectivity index (χ1) is 7.58. The molecule has 0 atom stereocenters. The van der Waals surface area contributed by atoms with Crippen molar-refractivity contribution in [3.05, 3.63) is 20.7 Å². The highest BCUT2D eigenvalue weighted by Crippen LogP contribution is 2.31. The molecule has 6 nitrogen and oxygen atoms in total. The third-order valence-electron chi connectivity index (χ3n) is 2.32. The second-order valence-electron chi connectivity index (χ2n) is 3.73. The van der Waals surface area contributed by atoms with E-state index in [1.54, 1.807) is 7.05 Å². The van der Waals surface area contributed by atoms with Crippen LogP contribution in [0.4, 0.5) is 0 Å². The highest BCUT2D eigenvalue weighted by molar-refractivity contribution is 7.99. The molecule has 1 aliphatic carbocycles. The van der Waals surface area contributed by atoms with Gasteiger partial charge in [0.05, 0.1) is 5.75 Å². The van der Waals surface area contributed by atoms with Crippen molar-refractivity contribution in [3.8, 4) is 0 Å². The molecule has 0 spiro atoms. The van der Waals surface area contributed by atoms with Gasteiger partial charge in [-0.3, -0.25) is 24.2 Å². The Balaban J connectivity index is 2.09. The van der Waals surface area contributed by atoms with Gasteiger partial charge in [0.15, 0.2) is 5.16 Å². The summed E-state index contributed by atoms with van der Waals surface area (Å²) in [7, 11) is 1.58. The molecular weight excluding hydrogens is 230 g/mol. The molecule has 0 unspecified atom stereocenters. The van der Waals surface area contributed by atoms with Gasteiger partial charge < -0.3 is 0 Å². The fourth-order valence-electron chi connectivity index (χ4n) is 1.25. The van der Waals surface area contributed by atoms with Crippen LogP contribution in [0.2, 0.25) is 0 Å². The number of rotatable bonds is 4. The molecule has 0 radical (unpaired) electrons. The van der Waals surface area contributed by atoms with E-state index in [0.29, 0.717) is 10.9 Å². The van der Waals surface area contributed by atoms with Crippen molar-refractivity contribution in [2.75, 3.05) is 5.75 Å². The zero-order chi connectivity index (χ0) is 11.7. The number of aromatic amines is 1. The number of nitrogens with zero attached hydrogens (tertiary/aromatic N) is 2. The summed E-state index contributed by atoms with van der Waals surface area (Å²) in [4.78, 5) is 37.0. The fraction of sp³-hybridized carbons (Fsp3) is 0.556. The first-order valence-corrected chi connectivity index (χ1v) is 5.89. The van der Waals surface area contributed by atoms with Crippen LogP contribution in [-0.2, 0) is 11.8 Å². The van der Waals surface area contributed by atoms with Crippen LogP contribution in [0, 0.1) is 5.92 Å². The zero-order valence-corrected chi connectivity index (χ0v) is 9.54. The Hall–Kier alpha value is -1.37. The first-order valence-electron chi connectivity index (χ1n) is 4.91. The Bertz CT molecular complexity index is 530. The average Bonchev–Trinajstić information content (AvgIpc) is 3.04. The lowest BCUT2D eigenvalue weighted by Crippen LogP contribution is -2.34. The molecule has 0 amide bonds. The number of H-pyrrole nitrogens is 1. The van der Waals surface area contributed by atoms with Crippen LogP contribution in [0.1, 0.15) is 12.8 Å². The molecule has 1 heterocycles. The minimum atomic E-state index is -0.820. The number of carbonyl (C=O) groups excluding carboxylic acids is 1. The number of carbonyl (C=O) groups is 1. The van der Waals surface area contributed by atoms with Crippen LogP contribution < -0.4 is 11.1 Å². The van der Waals surface area contributed by atoms with Crippen molar-refractivity contribution in [2.24, 2.45) is 13.0 Å². The largest absolute Gasteiger partial charge is 0.339 e. The predicted octanol–water partition coefficient (Wildman–Crippen LogP) is -0.460. The number of aromatic nitrogens is 3. The van der Waals surface area contributed by atoms with Gasteiger partial charge >= 0.3 is 11.1 Å². The molecule has 7 heteroatoms. The Morgan fingerprint density at radius 1 is 1.56 bits per heavy atom. The summed E-state index contributed by atoms with van der Waals surface area (Å²) in [6.45, 7) is 0. The van der Waals surface area contributed by atoms with Gasteiger partial charge in [0.1, 0.15) is 5.78 Å². The Morgan fingerprint density at radius 3 is 2.88 bits per heavy atom. The van der Waals surface area contributed by atoms with E-state index in [-0.39, 0.29) is 11.7 Å². The second-order valence-corrected chi connectivity index (χ2v) is 4.67. The van der Waals surface area contributed by atoms with Gasteiger partial charge in [0.25, 0.3) is 0 Å². The number of aryl methyl sites for hydroxylation is 1. The molecule has 86 valence electrons. The quantitative estimate of drug-likeness (QED) is 0.569. The number of hydrogen-bond donors (Lipinski definition) is 1. The summed E-state index contributed by atoms with van der Waals surface area (Å²) in [6, 6.07) is 0. The van der Waals surface area contributed by atoms with Crippen LogP contribution in [0.15, 0.2) is 14.7 Å². The van der Waals surface area contributed by atoms with Gasteiger partial charge in [0.2, 0.25) is 0 Å². The van der Waals surface area contributed by atoms with Gasteiger partial charge in [-0.05, 0) is 12.8 Å². The van der Waals surface area contributed by atoms with E-state index in [9.17, 15) is 14.4 Å². The number of thioether (sulfide) groups is 1. The lowest BCUT2D eigenvalue weighted by atomic mass is 10.3. The van der Waals surface area contributed by atoms with Gasteiger partial charge in [-0.25, -0.2) is 0 Å². The molecule has 1 aromatic rings. The third kappa shape index (κ3) is 2.41. The Kier molecular flexibility index (Phi) is 2.95. The minimum Gasteiger partial charge on any atom is -0.298 e. The maximum atomic E-state index is 11.4. The maximum absolute atomic E-state index is 11.4. The summed E-state index contributed by atoms with van der Waals surface area (Å²) in [5.41, 5.74) is -1.57. The lowest BCUT2D eigenvalue weighted by Gasteiger charge is -2.04. The maximum Gasteiger partial charge on any atom is 0.339 e. The summed E-state index contributed by atoms with van der Waals surface area (Å²) >= 11 is 1.18. The second kappa shape index (κ2) is 4.25. The van der Waals surface area contributed by atoms with Gasteiger partial charge in [-0.2, -0.15) is 4.98 Å². The standard InChI is InChI=1S/C9H11N3O3S/c1-12-9(10-7(14)8(15)11-12)16-4-6(13)5-2-3-5/h5H,2-4H2,1H3,(H,11,15). The molecule has 1 saturated carbocycles. The monoisotopic (exact) mass is 241 g/mol. The normalized spacial score (nSPS) is 15.1. The number of Topliss-reactive ketones (excluding diaryl/α,β-unsaturated/α-hetero) is 1. The Labute approximate surface area is 95.1 Å². The molecule has 1 aliphatic rings. The SMILES string of the molecule is Cn1[nH]c(=O)c(=O)nc1SCC(=O)C1CC1. The number of nitrogens with one attached hydrogen (secondary N) is 1. The zero-order valence-electron chi connectivity index (χ0n) is 8.73. The van der Waals surface area contributed by atoms with Crippen molar-refractivity contribution in [3.63, 3.8) is 0 Å². The van der Waals surface area contributed by atoms with Crippen molar-refractivity contribution in [2.45, 2.75) is 18.0 Å². The van der Waals surface area contributed by atoms with Crippen LogP contribution >= 0.6 is 11.8 Å². The van der Waals surface area contributed by atoms with Crippen LogP contribution in [-0.4, -0.2) is 26.3 Å². The van der Waals surface area contributed by atoms with E-state index in [4.69, 9.17) is 0 Å². The molecule has 16 heavy (non-hydrogen) atoms. The van der Waals surface area contributed by atoms with Gasteiger partial charge in [-0.1, -0.05) is 11.8 Å².